The van der Waals surface area contributed by atoms with Crippen LogP contribution in [0.15, 0.2) is 71.1 Å². The molecule has 0 radical (unpaired) electrons. The summed E-state index contributed by atoms with van der Waals surface area (Å²) < 4.78 is 11.5. The zero-order chi connectivity index (χ0) is 22.5. The molecule has 0 aliphatic carbocycles. The molecule has 0 saturated heterocycles. The van der Waals surface area contributed by atoms with Crippen LogP contribution in [0, 0.1) is 0 Å². The van der Waals surface area contributed by atoms with Crippen LogP contribution < -0.4 is 15.4 Å². The summed E-state index contributed by atoms with van der Waals surface area (Å²) in [5.74, 6) is 0.821. The first-order valence-electron chi connectivity index (χ1n) is 10.7. The first-order chi connectivity index (χ1) is 15.5. The van der Waals surface area contributed by atoms with Gasteiger partial charge in [-0.15, -0.1) is 0 Å². The van der Waals surface area contributed by atoms with Crippen LogP contribution in [-0.4, -0.2) is 25.0 Å². The third kappa shape index (κ3) is 4.75. The Kier molecular flexibility index (Phi) is 6.40. The van der Waals surface area contributed by atoms with Crippen LogP contribution in [0.3, 0.4) is 0 Å². The summed E-state index contributed by atoms with van der Waals surface area (Å²) in [6, 6.07) is 21.1. The molecular formula is C26H26N2O4. The fourth-order valence-electron chi connectivity index (χ4n) is 3.76. The maximum absolute atomic E-state index is 12.4. The maximum atomic E-state index is 12.4. The highest BCUT2D eigenvalue weighted by Gasteiger charge is 2.17. The Balaban J connectivity index is 1.34. The lowest BCUT2D eigenvalue weighted by Gasteiger charge is -2.12. The van der Waals surface area contributed by atoms with Gasteiger partial charge in [0.05, 0.1) is 25.6 Å². The summed E-state index contributed by atoms with van der Waals surface area (Å²) in [7, 11) is 0. The van der Waals surface area contributed by atoms with Gasteiger partial charge < -0.3 is 19.8 Å². The quantitative estimate of drug-likeness (QED) is 0.431. The first-order valence-corrected chi connectivity index (χ1v) is 10.7. The highest BCUT2D eigenvalue weighted by Crippen LogP contribution is 2.31. The van der Waals surface area contributed by atoms with Crippen molar-refractivity contribution in [1.29, 1.82) is 0 Å². The summed E-state index contributed by atoms with van der Waals surface area (Å²) in [5.41, 5.74) is 1.59. The van der Waals surface area contributed by atoms with E-state index in [1.54, 1.807) is 0 Å². The Bertz CT molecular complexity index is 1260. The molecule has 6 nitrogen and oxygen atoms in total. The van der Waals surface area contributed by atoms with Crippen molar-refractivity contribution in [2.75, 3.05) is 13.2 Å². The predicted octanol–water partition coefficient (Wildman–Crippen LogP) is 4.52. The molecule has 32 heavy (non-hydrogen) atoms. The van der Waals surface area contributed by atoms with Crippen LogP contribution in [0.5, 0.6) is 5.75 Å². The molecule has 4 rings (SSSR count). The minimum atomic E-state index is -0.348. The number of rotatable bonds is 8. The van der Waals surface area contributed by atoms with E-state index in [0.717, 1.165) is 21.7 Å². The molecule has 2 amide bonds. The molecule has 1 heterocycles. The largest absolute Gasteiger partial charge is 0.490 e. The number of hydrogen-bond donors (Lipinski definition) is 2. The molecule has 1 atom stereocenters. The number of nitrogens with one attached hydrogen (secondary N) is 2. The van der Waals surface area contributed by atoms with Crippen molar-refractivity contribution in [2.24, 2.45) is 0 Å². The number of para-hydroxylation sites is 1. The predicted molar refractivity (Wildman–Crippen MR) is 125 cm³/mol. The molecule has 0 fully saturated rings. The topological polar surface area (TPSA) is 80.6 Å². The van der Waals surface area contributed by atoms with Gasteiger partial charge in [0.15, 0.2) is 11.3 Å². The van der Waals surface area contributed by atoms with Crippen LogP contribution in [0.25, 0.3) is 21.7 Å². The lowest BCUT2D eigenvalue weighted by molar-refractivity contribution is -0.126. The molecular weight excluding hydrogens is 404 g/mol. The van der Waals surface area contributed by atoms with Crippen molar-refractivity contribution in [3.05, 3.63) is 78.1 Å². The Labute approximate surface area is 186 Å². The number of furan rings is 1. The van der Waals surface area contributed by atoms with Gasteiger partial charge in [0.25, 0.3) is 0 Å². The molecule has 3 aromatic carbocycles. The number of hydrogen-bond acceptors (Lipinski definition) is 4. The highest BCUT2D eigenvalue weighted by atomic mass is 16.5. The third-order valence-electron chi connectivity index (χ3n) is 5.31. The van der Waals surface area contributed by atoms with Gasteiger partial charge in [-0.25, -0.2) is 0 Å². The maximum Gasteiger partial charge on any atom is 0.239 e. The molecule has 0 saturated carbocycles. The number of fused-ring (bicyclic) bond motifs is 2. The number of benzene rings is 3. The molecule has 0 bridgehead atoms. The Morgan fingerprint density at radius 1 is 0.969 bits per heavy atom. The van der Waals surface area contributed by atoms with E-state index in [1.165, 1.54) is 0 Å². The SMILES string of the molecule is CCOc1cccc2cc([C@@H](C)NC(=O)CNC(=O)Cc3cccc4ccccc34)oc12. The second-order valence-electron chi connectivity index (χ2n) is 7.64. The van der Waals surface area contributed by atoms with Crippen molar-refractivity contribution in [1.82, 2.24) is 10.6 Å². The Hall–Kier alpha value is -3.80. The monoisotopic (exact) mass is 430 g/mol. The summed E-state index contributed by atoms with van der Waals surface area (Å²) in [6.07, 6.45) is 0.216. The van der Waals surface area contributed by atoms with E-state index in [0.29, 0.717) is 23.7 Å². The van der Waals surface area contributed by atoms with Crippen LogP contribution >= 0.6 is 0 Å². The van der Waals surface area contributed by atoms with Crippen molar-refractivity contribution in [2.45, 2.75) is 26.3 Å². The second kappa shape index (κ2) is 9.56. The van der Waals surface area contributed by atoms with Gasteiger partial charge in [0, 0.05) is 5.39 Å². The number of amides is 2. The van der Waals surface area contributed by atoms with Gasteiger partial charge in [0.1, 0.15) is 5.76 Å². The lowest BCUT2D eigenvalue weighted by Crippen LogP contribution is -2.38. The summed E-state index contributed by atoms with van der Waals surface area (Å²) in [6.45, 7) is 4.20. The Morgan fingerprint density at radius 3 is 2.56 bits per heavy atom. The number of carbonyl (C=O) groups excluding carboxylic acids is 2. The molecule has 0 aliphatic heterocycles. The molecule has 4 aromatic rings. The van der Waals surface area contributed by atoms with E-state index in [2.05, 4.69) is 10.6 Å². The molecule has 1 aromatic heterocycles. The first kappa shape index (κ1) is 21.4. The lowest BCUT2D eigenvalue weighted by atomic mass is 10.0. The van der Waals surface area contributed by atoms with Gasteiger partial charge in [-0.1, -0.05) is 54.6 Å². The van der Waals surface area contributed by atoms with E-state index in [9.17, 15) is 9.59 Å². The van der Waals surface area contributed by atoms with E-state index in [-0.39, 0.29) is 30.8 Å². The summed E-state index contributed by atoms with van der Waals surface area (Å²) in [4.78, 5) is 24.8. The van der Waals surface area contributed by atoms with Crippen LogP contribution in [0.4, 0.5) is 0 Å². The number of carbonyl (C=O) groups is 2. The third-order valence-corrected chi connectivity index (χ3v) is 5.31. The molecule has 0 aliphatic rings. The molecule has 6 heteroatoms. The van der Waals surface area contributed by atoms with Crippen molar-refractivity contribution < 1.29 is 18.7 Å². The van der Waals surface area contributed by atoms with E-state index in [1.807, 2.05) is 80.6 Å². The molecule has 0 unspecified atom stereocenters. The van der Waals surface area contributed by atoms with Crippen molar-refractivity contribution in [3.63, 3.8) is 0 Å². The van der Waals surface area contributed by atoms with Gasteiger partial charge in [-0.3, -0.25) is 9.59 Å². The zero-order valence-corrected chi connectivity index (χ0v) is 18.2. The molecule has 0 spiro atoms. The Morgan fingerprint density at radius 2 is 1.72 bits per heavy atom. The normalized spacial score (nSPS) is 11.9. The van der Waals surface area contributed by atoms with Gasteiger partial charge in [-0.05, 0) is 42.3 Å². The zero-order valence-electron chi connectivity index (χ0n) is 18.2. The fourth-order valence-corrected chi connectivity index (χ4v) is 3.76. The average Bonchev–Trinajstić information content (AvgIpc) is 3.24. The molecule has 164 valence electrons. The van der Waals surface area contributed by atoms with Crippen LogP contribution in [0.1, 0.15) is 31.2 Å². The van der Waals surface area contributed by atoms with Gasteiger partial charge >= 0.3 is 0 Å². The van der Waals surface area contributed by atoms with Crippen LogP contribution in [0.2, 0.25) is 0 Å². The standard InChI is InChI=1S/C26H26N2O4/c1-3-31-22-13-7-11-20-14-23(32-26(20)22)17(2)28-25(30)16-27-24(29)15-19-10-6-9-18-8-4-5-12-21(18)19/h4-14,17H,3,15-16H2,1-2H3,(H,27,29)(H,28,30)/t17-/m1/s1. The van der Waals surface area contributed by atoms with E-state index in [4.69, 9.17) is 9.15 Å². The van der Waals surface area contributed by atoms with E-state index < -0.39 is 0 Å². The average molecular weight is 431 g/mol. The minimum Gasteiger partial charge on any atom is -0.490 e. The van der Waals surface area contributed by atoms with Crippen molar-refractivity contribution in [3.8, 4) is 5.75 Å². The second-order valence-corrected chi connectivity index (χ2v) is 7.64. The van der Waals surface area contributed by atoms with Gasteiger partial charge in [0.2, 0.25) is 11.8 Å². The highest BCUT2D eigenvalue weighted by molar-refractivity contribution is 5.91. The smallest absolute Gasteiger partial charge is 0.239 e. The van der Waals surface area contributed by atoms with Gasteiger partial charge in [-0.2, -0.15) is 0 Å². The summed E-state index contributed by atoms with van der Waals surface area (Å²) >= 11 is 0. The van der Waals surface area contributed by atoms with Crippen molar-refractivity contribution >= 4 is 33.6 Å². The fraction of sp³-hybridized carbons (Fsp3) is 0.231. The minimum absolute atomic E-state index is 0.0988. The summed E-state index contributed by atoms with van der Waals surface area (Å²) in [5, 5.41) is 8.61. The van der Waals surface area contributed by atoms with Crippen LogP contribution in [-0.2, 0) is 16.0 Å². The van der Waals surface area contributed by atoms with E-state index >= 15 is 0 Å². The molecule has 2 N–H and O–H groups in total. The number of ether oxygens (including phenoxy) is 1.